The molecule has 0 bridgehead atoms. The molecule has 0 aliphatic carbocycles. The van der Waals surface area contributed by atoms with Crippen LogP contribution >= 0.6 is 11.8 Å². The van der Waals surface area contributed by atoms with Crippen LogP contribution in [0.15, 0.2) is 70.8 Å². The fraction of sp³-hybridized carbons (Fsp3) is 0.290. The number of aromatic nitrogens is 1. The Bertz CT molecular complexity index is 1820. The summed E-state index contributed by atoms with van der Waals surface area (Å²) >= 11 is 1.23. The first-order valence-electron chi connectivity index (χ1n) is 14.0. The number of carbonyl (C=O) groups excluding carboxylic acids is 4. The molecule has 1 saturated heterocycles. The summed E-state index contributed by atoms with van der Waals surface area (Å²) in [5.41, 5.74) is 1.73. The highest BCUT2D eigenvalue weighted by atomic mass is 32.2. The van der Waals surface area contributed by atoms with E-state index in [1.54, 1.807) is 42.5 Å². The summed E-state index contributed by atoms with van der Waals surface area (Å²) in [5.74, 6) is -3.84. The number of ether oxygens (including phenoxy) is 1. The molecule has 1 aromatic heterocycles. The number of aryl methyl sites for hydroxylation is 2. The molecule has 226 valence electrons. The van der Waals surface area contributed by atoms with Crippen LogP contribution in [-0.4, -0.2) is 68.0 Å². The maximum atomic E-state index is 13.7. The van der Waals surface area contributed by atoms with Crippen LogP contribution in [-0.2, 0) is 36.9 Å². The summed E-state index contributed by atoms with van der Waals surface area (Å²) in [6, 6.07) is 11.6. The number of amides is 3. The van der Waals surface area contributed by atoms with Gasteiger partial charge in [0.2, 0.25) is 11.3 Å². The average Bonchev–Trinajstić information content (AvgIpc) is 3.02. The number of thioether (sulfide) groups is 1. The minimum absolute atomic E-state index is 0.101. The van der Waals surface area contributed by atoms with Crippen molar-refractivity contribution in [1.29, 1.82) is 0 Å². The lowest BCUT2D eigenvalue weighted by atomic mass is 9.99. The van der Waals surface area contributed by atoms with E-state index in [0.717, 1.165) is 28.8 Å². The van der Waals surface area contributed by atoms with E-state index in [2.05, 4.69) is 10.6 Å². The van der Waals surface area contributed by atoms with E-state index in [0.29, 0.717) is 17.5 Å². The second kappa shape index (κ2) is 11.6. The molecular weight excluding hydrogens is 588 g/mol. The molecule has 6 rings (SSSR count). The average molecular weight is 617 g/mol. The van der Waals surface area contributed by atoms with Crippen LogP contribution in [0.25, 0.3) is 10.9 Å². The quantitative estimate of drug-likeness (QED) is 0.253. The molecule has 3 unspecified atom stereocenters. The Hall–Kier alpha value is -4.91. The highest BCUT2D eigenvalue weighted by molar-refractivity contribution is 8.00. The molecule has 3 aromatic rings. The zero-order valence-corrected chi connectivity index (χ0v) is 24.4. The van der Waals surface area contributed by atoms with E-state index in [9.17, 15) is 33.9 Å². The van der Waals surface area contributed by atoms with Crippen molar-refractivity contribution >= 4 is 52.3 Å². The zero-order chi connectivity index (χ0) is 31.1. The SMILES string of the molecule is CC(=O)OCC1=C(C(=O)O)N2C(=O)C(NC(=O)C(NC(=O)c3cn4c5c(cccc5c3=O)CCC4)c3ccccc3)C2SC1. The van der Waals surface area contributed by atoms with E-state index in [4.69, 9.17) is 4.74 Å². The number of benzene rings is 2. The van der Waals surface area contributed by atoms with Crippen molar-refractivity contribution in [2.24, 2.45) is 0 Å². The lowest BCUT2D eigenvalue weighted by Gasteiger charge is -2.49. The molecule has 13 heteroatoms. The molecule has 3 atom stereocenters. The van der Waals surface area contributed by atoms with Gasteiger partial charge in [-0.2, -0.15) is 0 Å². The van der Waals surface area contributed by atoms with Gasteiger partial charge in [0.1, 0.15) is 35.3 Å². The topological polar surface area (TPSA) is 164 Å². The third-order valence-electron chi connectivity index (χ3n) is 7.94. The molecule has 0 saturated carbocycles. The fourth-order valence-electron chi connectivity index (χ4n) is 5.89. The van der Waals surface area contributed by atoms with Crippen molar-refractivity contribution in [3.05, 3.63) is 92.9 Å². The van der Waals surface area contributed by atoms with E-state index in [-0.39, 0.29) is 29.2 Å². The Morgan fingerprint density at radius 3 is 2.59 bits per heavy atom. The molecule has 0 radical (unpaired) electrons. The highest BCUT2D eigenvalue weighted by Gasteiger charge is 2.54. The summed E-state index contributed by atoms with van der Waals surface area (Å²) < 4.78 is 6.86. The minimum Gasteiger partial charge on any atom is -0.477 e. The first-order valence-corrected chi connectivity index (χ1v) is 15.0. The number of carboxylic acids is 1. The number of carboxylic acid groups (broad SMARTS) is 1. The first-order chi connectivity index (χ1) is 21.2. The Balaban J connectivity index is 1.25. The Morgan fingerprint density at radius 1 is 1.09 bits per heavy atom. The van der Waals surface area contributed by atoms with Crippen molar-refractivity contribution in [3.8, 4) is 0 Å². The second-order valence-corrected chi connectivity index (χ2v) is 11.8. The van der Waals surface area contributed by atoms with Gasteiger partial charge in [-0.15, -0.1) is 11.8 Å². The molecule has 3 N–H and O–H groups in total. The lowest BCUT2D eigenvalue weighted by molar-refractivity contribution is -0.151. The first kappa shape index (κ1) is 29.2. The monoisotopic (exact) mass is 616 g/mol. The van der Waals surface area contributed by atoms with Crippen molar-refractivity contribution in [2.45, 2.75) is 43.8 Å². The van der Waals surface area contributed by atoms with Crippen LogP contribution in [0.2, 0.25) is 0 Å². The predicted octanol–water partition coefficient (Wildman–Crippen LogP) is 1.72. The lowest BCUT2D eigenvalue weighted by Crippen LogP contribution is -2.71. The normalized spacial score (nSPS) is 19.5. The third-order valence-corrected chi connectivity index (χ3v) is 9.28. The number of fused-ring (bicyclic) bond motifs is 1. The van der Waals surface area contributed by atoms with Crippen LogP contribution in [0, 0.1) is 0 Å². The number of nitrogens with one attached hydrogen (secondary N) is 2. The number of esters is 1. The molecule has 3 aliphatic rings. The van der Waals surface area contributed by atoms with Gasteiger partial charge in [0, 0.05) is 36.4 Å². The number of para-hydroxylation sites is 1. The van der Waals surface area contributed by atoms with Crippen LogP contribution in [0.4, 0.5) is 0 Å². The van der Waals surface area contributed by atoms with Crippen LogP contribution in [0.5, 0.6) is 0 Å². The number of hydrogen-bond donors (Lipinski definition) is 3. The van der Waals surface area contributed by atoms with Gasteiger partial charge in [-0.1, -0.05) is 42.5 Å². The fourth-order valence-corrected chi connectivity index (χ4v) is 7.22. The van der Waals surface area contributed by atoms with Crippen molar-refractivity contribution in [3.63, 3.8) is 0 Å². The Morgan fingerprint density at radius 2 is 1.86 bits per heavy atom. The van der Waals surface area contributed by atoms with Gasteiger partial charge in [0.15, 0.2) is 0 Å². The van der Waals surface area contributed by atoms with Crippen molar-refractivity contribution in [2.75, 3.05) is 12.4 Å². The summed E-state index contributed by atoms with van der Waals surface area (Å²) in [6.45, 7) is 1.58. The van der Waals surface area contributed by atoms with Crippen molar-refractivity contribution in [1.82, 2.24) is 20.1 Å². The minimum atomic E-state index is -1.35. The van der Waals surface area contributed by atoms with Gasteiger partial charge in [-0.05, 0) is 30.0 Å². The smallest absolute Gasteiger partial charge is 0.352 e. The number of rotatable bonds is 8. The van der Waals surface area contributed by atoms with Gasteiger partial charge < -0.3 is 25.0 Å². The van der Waals surface area contributed by atoms with Crippen LogP contribution in [0.3, 0.4) is 0 Å². The van der Waals surface area contributed by atoms with Gasteiger partial charge in [0.05, 0.1) is 5.52 Å². The Kier molecular flexibility index (Phi) is 7.72. The second-order valence-electron chi connectivity index (χ2n) is 10.7. The summed E-state index contributed by atoms with van der Waals surface area (Å²) in [5, 5.41) is 14.9. The number of carbonyl (C=O) groups is 5. The molecule has 44 heavy (non-hydrogen) atoms. The maximum Gasteiger partial charge on any atom is 0.352 e. The van der Waals surface area contributed by atoms with E-state index in [1.165, 1.54) is 24.9 Å². The highest BCUT2D eigenvalue weighted by Crippen LogP contribution is 2.40. The van der Waals surface area contributed by atoms with Gasteiger partial charge >= 0.3 is 11.9 Å². The summed E-state index contributed by atoms with van der Waals surface area (Å²) in [6.07, 6.45) is 3.23. The van der Waals surface area contributed by atoms with Gasteiger partial charge in [-0.25, -0.2) is 4.79 Å². The zero-order valence-electron chi connectivity index (χ0n) is 23.6. The number of β-lactam (4-membered cyclic amide) rings is 1. The molecular formula is C31H28N4O8S. The van der Waals surface area contributed by atoms with Gasteiger partial charge in [0.25, 0.3) is 11.8 Å². The standard InChI is InChI=1S/C31H28N4O8S/c1-16(36)43-14-19-15-44-30-23(29(40)35(30)25(19)31(41)42)33-28(39)22(17-7-3-2-4-8-17)32-27(38)21-13-34-12-6-10-18-9-5-11-20(24(18)34)26(21)37/h2-5,7-9,11,13,22-23,30H,6,10,12,14-15H2,1H3,(H,32,38)(H,33,39)(H,41,42). The number of nitrogens with zero attached hydrogens (tertiary/aromatic N) is 2. The van der Waals surface area contributed by atoms with Gasteiger partial charge in [-0.3, -0.25) is 28.9 Å². The molecule has 1 fully saturated rings. The predicted molar refractivity (Wildman–Crippen MR) is 159 cm³/mol. The molecule has 3 amide bonds. The van der Waals surface area contributed by atoms with Crippen molar-refractivity contribution < 1.29 is 33.8 Å². The van der Waals surface area contributed by atoms with E-state index < -0.39 is 52.5 Å². The maximum absolute atomic E-state index is 13.7. The third kappa shape index (κ3) is 5.12. The summed E-state index contributed by atoms with van der Waals surface area (Å²) in [4.78, 5) is 78.3. The number of pyridine rings is 1. The molecule has 2 aromatic carbocycles. The number of aliphatic carboxylic acids is 1. The van der Waals surface area contributed by atoms with E-state index in [1.807, 2.05) is 10.6 Å². The Labute approximate surface area is 255 Å². The number of hydrogen-bond acceptors (Lipinski definition) is 8. The van der Waals surface area contributed by atoms with Crippen LogP contribution in [0.1, 0.15) is 40.9 Å². The summed E-state index contributed by atoms with van der Waals surface area (Å²) in [7, 11) is 0. The molecule has 0 spiro atoms. The van der Waals surface area contributed by atoms with Crippen LogP contribution < -0.4 is 16.1 Å². The largest absolute Gasteiger partial charge is 0.477 e. The molecule has 12 nitrogen and oxygen atoms in total. The molecule has 4 heterocycles. The molecule has 3 aliphatic heterocycles. The van der Waals surface area contributed by atoms with E-state index >= 15 is 0 Å².